The fourth-order valence-corrected chi connectivity index (χ4v) is 6.79. The van der Waals surface area contributed by atoms with Crippen LogP contribution in [0.1, 0.15) is 76.2 Å². The molecule has 0 saturated heterocycles. The van der Waals surface area contributed by atoms with E-state index in [0.717, 1.165) is 66.9 Å². The molecule has 4 aromatic heterocycles. The maximum absolute atomic E-state index is 5.08. The second kappa shape index (κ2) is 10.9. The maximum Gasteiger partial charge on any atom is 0.149 e. The Morgan fingerprint density at radius 1 is 0.511 bits per heavy atom. The summed E-state index contributed by atoms with van der Waals surface area (Å²) in [6, 6.07) is 34.7. The Bertz CT molecular complexity index is 2260. The van der Waals surface area contributed by atoms with Crippen molar-refractivity contribution in [2.75, 3.05) is 0 Å². The summed E-state index contributed by atoms with van der Waals surface area (Å²) < 4.78 is 4.54. The molecule has 0 saturated carbocycles. The summed E-state index contributed by atoms with van der Waals surface area (Å²) in [5.74, 6) is 2.18. The van der Waals surface area contributed by atoms with Crippen LogP contribution in [-0.2, 0) is 5.41 Å². The van der Waals surface area contributed by atoms with Gasteiger partial charge in [-0.2, -0.15) is 0 Å². The molecule has 0 aliphatic carbocycles. The molecule has 0 bridgehead atoms. The average Bonchev–Trinajstić information content (AvgIpc) is 3.60. The first-order valence-corrected chi connectivity index (χ1v) is 16.5. The molecule has 4 aromatic carbocycles. The molecular formula is C41H38N6. The monoisotopic (exact) mass is 614 g/mol. The Labute approximate surface area is 274 Å². The molecule has 0 N–H and O–H groups in total. The quantitative estimate of drug-likeness (QED) is 0.187. The minimum absolute atomic E-state index is 0.237. The first-order chi connectivity index (χ1) is 22.7. The third kappa shape index (κ3) is 4.62. The lowest BCUT2D eigenvalue weighted by Crippen LogP contribution is -2.18. The Morgan fingerprint density at radius 3 is 1.30 bits per heavy atom. The van der Waals surface area contributed by atoms with E-state index in [1.165, 1.54) is 11.1 Å². The molecule has 8 aromatic rings. The van der Waals surface area contributed by atoms with Gasteiger partial charge in [0.05, 0.1) is 11.0 Å². The van der Waals surface area contributed by atoms with Gasteiger partial charge in [0.15, 0.2) is 0 Å². The highest BCUT2D eigenvalue weighted by Crippen LogP contribution is 2.40. The van der Waals surface area contributed by atoms with E-state index >= 15 is 0 Å². The van der Waals surface area contributed by atoms with Crippen molar-refractivity contribution in [2.45, 2.75) is 58.8 Å². The summed E-state index contributed by atoms with van der Waals surface area (Å²) in [4.78, 5) is 19.7. The van der Waals surface area contributed by atoms with Crippen LogP contribution in [0.15, 0.2) is 109 Å². The minimum atomic E-state index is -0.290. The molecule has 0 radical (unpaired) electrons. The van der Waals surface area contributed by atoms with Crippen LogP contribution in [0.4, 0.5) is 0 Å². The van der Waals surface area contributed by atoms with E-state index in [1.807, 2.05) is 12.4 Å². The number of rotatable bonds is 6. The van der Waals surface area contributed by atoms with Crippen LogP contribution in [0, 0.1) is 0 Å². The van der Waals surface area contributed by atoms with Gasteiger partial charge in [-0.15, -0.1) is 0 Å². The number of aromatic nitrogens is 6. The smallest absolute Gasteiger partial charge is 0.149 e. The third-order valence-corrected chi connectivity index (χ3v) is 9.56. The molecule has 0 unspecified atom stereocenters. The molecule has 0 aliphatic rings. The van der Waals surface area contributed by atoms with Gasteiger partial charge in [-0.05, 0) is 59.7 Å². The van der Waals surface area contributed by atoms with E-state index in [4.69, 9.17) is 19.9 Å². The summed E-state index contributed by atoms with van der Waals surface area (Å²) in [6.07, 6.45) is 4.01. The highest BCUT2D eigenvalue weighted by molar-refractivity contribution is 6.09. The summed E-state index contributed by atoms with van der Waals surface area (Å²) >= 11 is 0. The fourth-order valence-electron chi connectivity index (χ4n) is 6.79. The largest absolute Gasteiger partial charge is 0.294 e. The summed E-state index contributed by atoms with van der Waals surface area (Å²) in [7, 11) is 0. The van der Waals surface area contributed by atoms with Crippen molar-refractivity contribution in [3.63, 3.8) is 0 Å². The van der Waals surface area contributed by atoms with Gasteiger partial charge < -0.3 is 0 Å². The van der Waals surface area contributed by atoms with Gasteiger partial charge in [0.1, 0.15) is 22.9 Å². The predicted molar refractivity (Wildman–Crippen MR) is 193 cm³/mol. The zero-order valence-corrected chi connectivity index (χ0v) is 27.7. The first kappa shape index (κ1) is 29.1. The second-order valence-electron chi connectivity index (χ2n) is 13.7. The number of nitrogens with zero attached hydrogens (tertiary/aromatic N) is 6. The van der Waals surface area contributed by atoms with E-state index in [1.54, 1.807) is 0 Å². The molecule has 0 fully saturated rings. The molecule has 47 heavy (non-hydrogen) atoms. The van der Waals surface area contributed by atoms with Crippen molar-refractivity contribution >= 4 is 43.9 Å². The van der Waals surface area contributed by atoms with Crippen LogP contribution in [-0.4, -0.2) is 29.1 Å². The molecule has 6 heteroatoms. The first-order valence-electron chi connectivity index (χ1n) is 16.5. The second-order valence-corrected chi connectivity index (χ2v) is 13.7. The van der Waals surface area contributed by atoms with Crippen molar-refractivity contribution in [1.82, 2.24) is 29.1 Å². The molecular weight excluding hydrogens is 576 g/mol. The number of benzene rings is 4. The molecule has 232 valence electrons. The van der Waals surface area contributed by atoms with Crippen LogP contribution in [0.5, 0.6) is 0 Å². The van der Waals surface area contributed by atoms with Gasteiger partial charge in [-0.3, -0.25) is 9.13 Å². The molecule has 0 spiro atoms. The lowest BCUT2D eigenvalue weighted by atomic mass is 9.77. The van der Waals surface area contributed by atoms with E-state index in [2.05, 4.69) is 148 Å². The van der Waals surface area contributed by atoms with E-state index in [9.17, 15) is 0 Å². The van der Waals surface area contributed by atoms with E-state index in [-0.39, 0.29) is 17.3 Å². The van der Waals surface area contributed by atoms with Crippen molar-refractivity contribution in [3.8, 4) is 11.4 Å². The number of fused-ring (bicyclic) bond motifs is 6. The van der Waals surface area contributed by atoms with Crippen LogP contribution in [0.25, 0.3) is 55.2 Å². The molecule has 4 heterocycles. The number of hydrogen-bond donors (Lipinski definition) is 0. The Balaban J connectivity index is 1.32. The van der Waals surface area contributed by atoms with Gasteiger partial charge >= 0.3 is 0 Å². The average molecular weight is 615 g/mol. The van der Waals surface area contributed by atoms with Crippen molar-refractivity contribution in [2.24, 2.45) is 0 Å². The fraction of sp³-hybridized carbons (Fsp3) is 0.220. The SMILES string of the molecule is CC(C)c1ncc2c3cc(C(C)(C)c4ccc5c(c4)c4cnc(C(C)C)nc4n5-c4ccccc4)ccc3n(-c3ccccc3)c2n1. The van der Waals surface area contributed by atoms with Gasteiger partial charge in [-0.1, -0.05) is 90.1 Å². The highest BCUT2D eigenvalue weighted by Gasteiger charge is 2.27. The number of para-hydroxylation sites is 2. The highest BCUT2D eigenvalue weighted by atomic mass is 15.1. The molecule has 0 aliphatic heterocycles. The minimum Gasteiger partial charge on any atom is -0.294 e. The van der Waals surface area contributed by atoms with Gasteiger partial charge in [0.25, 0.3) is 0 Å². The molecule has 8 rings (SSSR count). The molecule has 0 amide bonds. The van der Waals surface area contributed by atoms with E-state index < -0.39 is 0 Å². The van der Waals surface area contributed by atoms with E-state index in [0.29, 0.717) is 0 Å². The zero-order chi connectivity index (χ0) is 32.4. The lowest BCUT2D eigenvalue weighted by molar-refractivity contribution is 0.643. The van der Waals surface area contributed by atoms with Crippen molar-refractivity contribution in [1.29, 1.82) is 0 Å². The van der Waals surface area contributed by atoms with Crippen LogP contribution < -0.4 is 0 Å². The molecule has 0 atom stereocenters. The molecule has 6 nitrogen and oxygen atoms in total. The van der Waals surface area contributed by atoms with Crippen LogP contribution >= 0.6 is 0 Å². The Morgan fingerprint density at radius 2 is 0.915 bits per heavy atom. The lowest BCUT2D eigenvalue weighted by Gasteiger charge is -2.26. The standard InChI is InChI=1S/C41H38N6/c1-25(2)37-42-23-33-31-21-27(17-19-35(31)46(39(33)44-37)29-13-9-7-10-14-29)41(5,6)28-18-20-36-32(22-28)34-24-43-38(26(3)4)45-40(34)47(36)30-15-11-8-12-16-30/h7-26H,1-6H3. The van der Waals surface area contributed by atoms with Crippen molar-refractivity contribution in [3.05, 3.63) is 132 Å². The predicted octanol–water partition coefficient (Wildman–Crippen LogP) is 10.0. The zero-order valence-electron chi connectivity index (χ0n) is 27.7. The van der Waals surface area contributed by atoms with Gasteiger partial charge in [0, 0.05) is 62.6 Å². The summed E-state index contributed by atoms with van der Waals surface area (Å²) in [5, 5.41) is 4.43. The summed E-state index contributed by atoms with van der Waals surface area (Å²) in [5.41, 5.74) is 8.49. The van der Waals surface area contributed by atoms with Gasteiger partial charge in [0.2, 0.25) is 0 Å². The maximum atomic E-state index is 5.08. The van der Waals surface area contributed by atoms with Crippen molar-refractivity contribution < 1.29 is 0 Å². The third-order valence-electron chi connectivity index (χ3n) is 9.56. The summed E-state index contributed by atoms with van der Waals surface area (Å²) in [6.45, 7) is 13.2. The number of hydrogen-bond acceptors (Lipinski definition) is 4. The Kier molecular flexibility index (Phi) is 6.72. The van der Waals surface area contributed by atoms with Gasteiger partial charge in [-0.25, -0.2) is 19.9 Å². The normalized spacial score (nSPS) is 12.4. The van der Waals surface area contributed by atoms with Crippen LogP contribution in [0.3, 0.4) is 0 Å². The van der Waals surface area contributed by atoms with Crippen LogP contribution in [0.2, 0.25) is 0 Å². The topological polar surface area (TPSA) is 61.4 Å². The Hall–Kier alpha value is -5.36.